The summed E-state index contributed by atoms with van der Waals surface area (Å²) in [5.74, 6) is -1.14. The fraction of sp³-hybridized carbons (Fsp3) is 0.133. The molecule has 2 N–H and O–H groups in total. The zero-order valence-electron chi connectivity index (χ0n) is 11.0. The van der Waals surface area contributed by atoms with E-state index in [1.54, 1.807) is 12.3 Å². The van der Waals surface area contributed by atoms with Crippen molar-refractivity contribution in [1.82, 2.24) is 4.98 Å². The van der Waals surface area contributed by atoms with E-state index in [9.17, 15) is 9.59 Å². The molecular formula is C15H14N2O3. The third-order valence-electron chi connectivity index (χ3n) is 2.73. The highest BCUT2D eigenvalue weighted by atomic mass is 16.4. The maximum Gasteiger partial charge on any atom is 0.354 e. The van der Waals surface area contributed by atoms with Crippen LogP contribution < -0.4 is 5.32 Å². The number of aromatic carboxylic acids is 1. The highest BCUT2D eigenvalue weighted by molar-refractivity contribution is 5.88. The normalized spacial score (nSPS) is 10.1. The number of hydrogen-bond acceptors (Lipinski definition) is 3. The molecule has 0 saturated heterocycles. The van der Waals surface area contributed by atoms with Crippen molar-refractivity contribution in [2.24, 2.45) is 0 Å². The number of hydrogen-bond donors (Lipinski definition) is 2. The number of nitrogens with one attached hydrogen (secondary N) is 1. The monoisotopic (exact) mass is 270 g/mol. The molecule has 2 aromatic rings. The molecule has 1 aromatic heterocycles. The maximum atomic E-state index is 10.9. The molecule has 0 fully saturated rings. The summed E-state index contributed by atoms with van der Waals surface area (Å²) >= 11 is 0. The first kappa shape index (κ1) is 13.7. The number of nitrogens with zero attached hydrogens (tertiary/aromatic N) is 1. The molecule has 0 spiro atoms. The van der Waals surface area contributed by atoms with E-state index in [0.717, 1.165) is 16.8 Å². The van der Waals surface area contributed by atoms with E-state index in [1.807, 2.05) is 24.3 Å². The topological polar surface area (TPSA) is 79.3 Å². The lowest BCUT2D eigenvalue weighted by Gasteiger charge is -2.05. The van der Waals surface area contributed by atoms with Crippen LogP contribution in [0.2, 0.25) is 0 Å². The van der Waals surface area contributed by atoms with Crippen molar-refractivity contribution < 1.29 is 14.7 Å². The molecule has 102 valence electrons. The fourth-order valence-corrected chi connectivity index (χ4v) is 1.80. The van der Waals surface area contributed by atoms with Crippen molar-refractivity contribution in [3.8, 4) is 0 Å². The van der Waals surface area contributed by atoms with Gasteiger partial charge in [-0.2, -0.15) is 0 Å². The second kappa shape index (κ2) is 5.97. The van der Waals surface area contributed by atoms with E-state index >= 15 is 0 Å². The number of amides is 1. The van der Waals surface area contributed by atoms with E-state index in [-0.39, 0.29) is 11.6 Å². The standard InChI is InChI=1S/C15H14N2O3/c1-10(18)17-13-5-2-11(3-6-13)8-12-4-7-14(15(19)20)16-9-12/h2-7,9H,8H2,1H3,(H,17,18)(H,19,20). The van der Waals surface area contributed by atoms with Gasteiger partial charge >= 0.3 is 5.97 Å². The van der Waals surface area contributed by atoms with Crippen molar-refractivity contribution in [3.63, 3.8) is 0 Å². The summed E-state index contributed by atoms with van der Waals surface area (Å²) in [6.45, 7) is 1.46. The zero-order chi connectivity index (χ0) is 14.5. The number of pyridine rings is 1. The minimum atomic E-state index is -1.03. The molecule has 5 nitrogen and oxygen atoms in total. The molecule has 1 aromatic carbocycles. The molecule has 0 unspecified atom stereocenters. The van der Waals surface area contributed by atoms with E-state index < -0.39 is 5.97 Å². The Morgan fingerprint density at radius 2 is 1.75 bits per heavy atom. The molecule has 1 heterocycles. The van der Waals surface area contributed by atoms with Crippen molar-refractivity contribution in [3.05, 3.63) is 59.4 Å². The Bertz CT molecular complexity index is 619. The number of benzene rings is 1. The summed E-state index contributed by atoms with van der Waals surface area (Å²) < 4.78 is 0. The van der Waals surface area contributed by atoms with Crippen LogP contribution >= 0.6 is 0 Å². The molecule has 0 aliphatic carbocycles. The Labute approximate surface area is 116 Å². The van der Waals surface area contributed by atoms with Crippen LogP contribution in [0, 0.1) is 0 Å². The summed E-state index contributed by atoms with van der Waals surface area (Å²) in [6.07, 6.45) is 2.22. The predicted octanol–water partition coefficient (Wildman–Crippen LogP) is 2.33. The third kappa shape index (κ3) is 3.65. The van der Waals surface area contributed by atoms with Crippen LogP contribution in [0.25, 0.3) is 0 Å². The van der Waals surface area contributed by atoms with Gasteiger partial charge in [-0.1, -0.05) is 18.2 Å². The number of carboxylic acid groups (broad SMARTS) is 1. The van der Waals surface area contributed by atoms with Gasteiger partial charge in [-0.15, -0.1) is 0 Å². The first-order chi connectivity index (χ1) is 9.54. The van der Waals surface area contributed by atoms with Crippen LogP contribution in [0.3, 0.4) is 0 Å². The van der Waals surface area contributed by atoms with E-state index in [0.29, 0.717) is 6.42 Å². The van der Waals surface area contributed by atoms with Crippen molar-refractivity contribution in [2.75, 3.05) is 5.32 Å². The highest BCUT2D eigenvalue weighted by Gasteiger charge is 2.04. The number of aromatic nitrogens is 1. The first-order valence-corrected chi connectivity index (χ1v) is 6.09. The van der Waals surface area contributed by atoms with Crippen LogP contribution in [0.1, 0.15) is 28.5 Å². The second-order valence-electron chi connectivity index (χ2n) is 4.41. The molecule has 0 saturated carbocycles. The molecule has 1 amide bonds. The fourth-order valence-electron chi connectivity index (χ4n) is 1.80. The van der Waals surface area contributed by atoms with Crippen LogP contribution in [-0.4, -0.2) is 22.0 Å². The average Bonchev–Trinajstić information content (AvgIpc) is 2.41. The SMILES string of the molecule is CC(=O)Nc1ccc(Cc2ccc(C(=O)O)nc2)cc1. The van der Waals surface area contributed by atoms with Crippen LogP contribution in [0.4, 0.5) is 5.69 Å². The quantitative estimate of drug-likeness (QED) is 0.893. The van der Waals surface area contributed by atoms with Gasteiger partial charge in [0.25, 0.3) is 0 Å². The number of carboxylic acids is 1. The largest absolute Gasteiger partial charge is 0.477 e. The summed E-state index contributed by atoms with van der Waals surface area (Å²) in [4.78, 5) is 25.5. The summed E-state index contributed by atoms with van der Waals surface area (Å²) in [6, 6.07) is 10.7. The lowest BCUT2D eigenvalue weighted by molar-refractivity contribution is -0.114. The number of rotatable bonds is 4. The predicted molar refractivity (Wildman–Crippen MR) is 74.7 cm³/mol. The summed E-state index contributed by atoms with van der Waals surface area (Å²) in [5.41, 5.74) is 2.78. The highest BCUT2D eigenvalue weighted by Crippen LogP contribution is 2.13. The number of carbonyl (C=O) groups is 2. The summed E-state index contributed by atoms with van der Waals surface area (Å²) in [7, 11) is 0. The Balaban J connectivity index is 2.06. The molecule has 0 aliphatic rings. The zero-order valence-corrected chi connectivity index (χ0v) is 11.0. The van der Waals surface area contributed by atoms with Gasteiger partial charge in [0.1, 0.15) is 5.69 Å². The van der Waals surface area contributed by atoms with Gasteiger partial charge in [-0.25, -0.2) is 9.78 Å². The molecule has 0 atom stereocenters. The van der Waals surface area contributed by atoms with Crippen LogP contribution in [0.5, 0.6) is 0 Å². The molecule has 2 rings (SSSR count). The second-order valence-corrected chi connectivity index (χ2v) is 4.41. The lowest BCUT2D eigenvalue weighted by atomic mass is 10.1. The Hall–Kier alpha value is -2.69. The van der Waals surface area contributed by atoms with Gasteiger partial charge < -0.3 is 10.4 Å². The van der Waals surface area contributed by atoms with Gasteiger partial charge in [-0.05, 0) is 35.7 Å². The van der Waals surface area contributed by atoms with Crippen molar-refractivity contribution in [2.45, 2.75) is 13.3 Å². The van der Waals surface area contributed by atoms with Gasteiger partial charge in [0, 0.05) is 18.8 Å². The number of anilines is 1. The van der Waals surface area contributed by atoms with Gasteiger partial charge in [0.05, 0.1) is 0 Å². The molecule has 5 heteroatoms. The van der Waals surface area contributed by atoms with E-state index in [4.69, 9.17) is 5.11 Å². The lowest BCUT2D eigenvalue weighted by Crippen LogP contribution is -2.05. The molecular weight excluding hydrogens is 256 g/mol. The minimum Gasteiger partial charge on any atom is -0.477 e. The third-order valence-corrected chi connectivity index (χ3v) is 2.73. The van der Waals surface area contributed by atoms with Gasteiger partial charge in [-0.3, -0.25) is 4.79 Å². The van der Waals surface area contributed by atoms with Crippen LogP contribution in [-0.2, 0) is 11.2 Å². The van der Waals surface area contributed by atoms with Crippen LogP contribution in [0.15, 0.2) is 42.6 Å². The molecule has 0 radical (unpaired) electrons. The minimum absolute atomic E-state index is 0.0368. The van der Waals surface area contributed by atoms with Crippen molar-refractivity contribution >= 4 is 17.6 Å². The Kier molecular flexibility index (Phi) is 4.10. The molecule has 0 bridgehead atoms. The van der Waals surface area contributed by atoms with Gasteiger partial charge in [0.2, 0.25) is 5.91 Å². The van der Waals surface area contributed by atoms with E-state index in [2.05, 4.69) is 10.3 Å². The Morgan fingerprint density at radius 1 is 1.10 bits per heavy atom. The average molecular weight is 270 g/mol. The Morgan fingerprint density at radius 3 is 2.25 bits per heavy atom. The van der Waals surface area contributed by atoms with Crippen molar-refractivity contribution in [1.29, 1.82) is 0 Å². The first-order valence-electron chi connectivity index (χ1n) is 6.09. The van der Waals surface area contributed by atoms with E-state index in [1.165, 1.54) is 13.0 Å². The smallest absolute Gasteiger partial charge is 0.354 e. The molecule has 20 heavy (non-hydrogen) atoms. The van der Waals surface area contributed by atoms with Gasteiger partial charge in [0.15, 0.2) is 0 Å². The summed E-state index contributed by atoms with van der Waals surface area (Å²) in [5, 5.41) is 11.5. The maximum absolute atomic E-state index is 10.9. The molecule has 0 aliphatic heterocycles. The number of carbonyl (C=O) groups excluding carboxylic acids is 1.